The van der Waals surface area contributed by atoms with E-state index in [1.165, 1.54) is 15.9 Å². The van der Waals surface area contributed by atoms with Gasteiger partial charge in [0, 0.05) is 0 Å². The normalized spacial score (nSPS) is 13.7. The minimum atomic E-state index is -1.89. The molecule has 0 N–H and O–H groups in total. The topological polar surface area (TPSA) is 0 Å². The zero-order valence-electron chi connectivity index (χ0n) is 15.3. The molecule has 130 valence electrons. The van der Waals surface area contributed by atoms with Crippen LogP contribution in [0.5, 0.6) is 0 Å². The molecule has 0 bridgehead atoms. The molecule has 0 nitrogen and oxygen atoms in total. The molecular formula is C23H28P2. The molecule has 0 aromatic heterocycles. The second-order valence-electron chi connectivity index (χ2n) is 7.36. The van der Waals surface area contributed by atoms with Gasteiger partial charge < -0.3 is 0 Å². The van der Waals surface area contributed by atoms with Gasteiger partial charge in [0.1, 0.15) is 0 Å². The average Bonchev–Trinajstić information content (AvgIpc) is 2.68. The molecule has 3 aromatic rings. The molecular weight excluding hydrogens is 338 g/mol. The van der Waals surface area contributed by atoms with E-state index in [-0.39, 0.29) is 0 Å². The fourth-order valence-corrected chi connectivity index (χ4v) is 10.00. The summed E-state index contributed by atoms with van der Waals surface area (Å²) in [6.45, 7) is 7.33. The number of hydrogen-bond donors (Lipinski definition) is 0. The van der Waals surface area contributed by atoms with E-state index in [0.717, 1.165) is 0 Å². The fraction of sp³-hybridized carbons (Fsp3) is 0.130. The molecule has 3 rings (SSSR count). The van der Waals surface area contributed by atoms with Crippen molar-refractivity contribution in [3.63, 3.8) is 0 Å². The molecule has 0 saturated carbocycles. The molecule has 0 fully saturated rings. The third-order valence-corrected chi connectivity index (χ3v) is 12.2. The molecule has 0 radical (unpaired) electrons. The van der Waals surface area contributed by atoms with E-state index in [1.807, 2.05) is 0 Å². The molecule has 0 unspecified atom stereocenters. The Balaban J connectivity index is 2.05. The Kier molecular flexibility index (Phi) is 5.53. The summed E-state index contributed by atoms with van der Waals surface area (Å²) >= 11 is 0. The predicted octanol–water partition coefficient (Wildman–Crippen LogP) is 4.82. The summed E-state index contributed by atoms with van der Waals surface area (Å²) in [6, 6.07) is 33.0. The van der Waals surface area contributed by atoms with Gasteiger partial charge in [-0.3, -0.25) is 0 Å². The summed E-state index contributed by atoms with van der Waals surface area (Å²) in [4.78, 5) is 0. The predicted molar refractivity (Wildman–Crippen MR) is 122 cm³/mol. The molecule has 0 heterocycles. The van der Waals surface area contributed by atoms with E-state index >= 15 is 0 Å². The van der Waals surface area contributed by atoms with Crippen molar-refractivity contribution in [3.8, 4) is 0 Å². The van der Waals surface area contributed by atoms with Crippen LogP contribution in [0, 0.1) is 0 Å². The van der Waals surface area contributed by atoms with Gasteiger partial charge in [0.05, 0.1) is 0 Å². The maximum absolute atomic E-state index is 2.57. The zero-order valence-corrected chi connectivity index (χ0v) is 17.3. The SMILES string of the molecule is C[PH](C)(/C=C\[PH](C)(c1ccccc1)c1ccccc1)c1ccccc1. The summed E-state index contributed by atoms with van der Waals surface area (Å²) in [5.74, 6) is 5.12. The van der Waals surface area contributed by atoms with Crippen molar-refractivity contribution in [2.75, 3.05) is 20.0 Å². The quantitative estimate of drug-likeness (QED) is 0.568. The first kappa shape index (κ1) is 18.1. The van der Waals surface area contributed by atoms with E-state index in [4.69, 9.17) is 0 Å². The van der Waals surface area contributed by atoms with E-state index in [0.29, 0.717) is 0 Å². The van der Waals surface area contributed by atoms with Gasteiger partial charge in [-0.2, -0.15) is 0 Å². The standard InChI is InChI=1S/C23H28P2/c1-24(2,21-13-7-4-8-14-21)19-20-25(3,22-15-9-5-10-16-22)23-17-11-6-12-18-23/h4-20,24-25H,1-3H3/b20-19-. The second kappa shape index (κ2) is 7.65. The summed E-state index contributed by atoms with van der Waals surface area (Å²) in [7, 11) is -3.49. The van der Waals surface area contributed by atoms with E-state index in [9.17, 15) is 0 Å². The van der Waals surface area contributed by atoms with Crippen LogP contribution in [0.25, 0.3) is 0 Å². The van der Waals surface area contributed by atoms with Crippen LogP contribution in [0.1, 0.15) is 0 Å². The van der Waals surface area contributed by atoms with E-state index in [2.05, 4.69) is 123 Å². The van der Waals surface area contributed by atoms with Gasteiger partial charge >= 0.3 is 153 Å². The number of benzene rings is 3. The first-order chi connectivity index (χ1) is 12.0. The van der Waals surface area contributed by atoms with Gasteiger partial charge in [0.2, 0.25) is 0 Å². The van der Waals surface area contributed by atoms with Crippen LogP contribution >= 0.6 is 14.5 Å². The Morgan fingerprint density at radius 3 is 1.24 bits per heavy atom. The molecule has 2 heteroatoms. The molecule has 25 heavy (non-hydrogen) atoms. The van der Waals surface area contributed by atoms with E-state index < -0.39 is 14.5 Å². The molecule has 0 aliphatic heterocycles. The molecule has 0 spiro atoms. The van der Waals surface area contributed by atoms with Gasteiger partial charge in [-0.15, -0.1) is 0 Å². The first-order valence-electron chi connectivity index (χ1n) is 8.89. The van der Waals surface area contributed by atoms with Gasteiger partial charge in [0.15, 0.2) is 0 Å². The van der Waals surface area contributed by atoms with Gasteiger partial charge in [0.25, 0.3) is 0 Å². The van der Waals surface area contributed by atoms with Gasteiger partial charge in [-0.05, 0) is 0 Å². The van der Waals surface area contributed by atoms with Gasteiger partial charge in [-0.25, -0.2) is 0 Å². The first-order valence-corrected chi connectivity index (χ1v) is 14.5. The van der Waals surface area contributed by atoms with Crippen molar-refractivity contribution >= 4 is 30.4 Å². The number of rotatable bonds is 5. The van der Waals surface area contributed by atoms with Crippen LogP contribution in [0.4, 0.5) is 0 Å². The Hall–Kier alpha value is -1.74. The molecule has 0 amide bonds. The summed E-state index contributed by atoms with van der Waals surface area (Å²) in [5.41, 5.74) is 0. The van der Waals surface area contributed by atoms with Crippen LogP contribution in [0.2, 0.25) is 0 Å². The monoisotopic (exact) mass is 366 g/mol. The van der Waals surface area contributed by atoms with Crippen molar-refractivity contribution < 1.29 is 0 Å². The minimum absolute atomic E-state index is 1.47. The van der Waals surface area contributed by atoms with Crippen LogP contribution < -0.4 is 15.9 Å². The van der Waals surface area contributed by atoms with Crippen LogP contribution in [-0.2, 0) is 0 Å². The molecule has 0 aliphatic carbocycles. The van der Waals surface area contributed by atoms with Crippen LogP contribution in [-0.4, -0.2) is 20.0 Å². The van der Waals surface area contributed by atoms with Gasteiger partial charge in [-0.1, -0.05) is 0 Å². The molecule has 0 aliphatic rings. The Morgan fingerprint density at radius 2 is 0.840 bits per heavy atom. The molecule has 0 atom stereocenters. The summed E-state index contributed by atoms with van der Waals surface area (Å²) in [6.07, 6.45) is 0. The molecule has 3 aromatic carbocycles. The molecule has 0 saturated heterocycles. The van der Waals surface area contributed by atoms with Crippen molar-refractivity contribution in [1.29, 1.82) is 0 Å². The number of hydrogen-bond acceptors (Lipinski definition) is 0. The zero-order chi connectivity index (χ0) is 17.8. The van der Waals surface area contributed by atoms with Crippen molar-refractivity contribution in [2.24, 2.45) is 0 Å². The second-order valence-corrected chi connectivity index (χ2v) is 15.6. The van der Waals surface area contributed by atoms with Crippen molar-refractivity contribution in [3.05, 3.63) is 103 Å². The average molecular weight is 366 g/mol. The Labute approximate surface area is 153 Å². The van der Waals surface area contributed by atoms with Crippen LogP contribution in [0.15, 0.2) is 103 Å². The van der Waals surface area contributed by atoms with Crippen molar-refractivity contribution in [2.45, 2.75) is 0 Å². The Morgan fingerprint density at radius 1 is 0.480 bits per heavy atom. The summed E-state index contributed by atoms with van der Waals surface area (Å²) in [5, 5.41) is 4.43. The van der Waals surface area contributed by atoms with Crippen molar-refractivity contribution in [1.82, 2.24) is 0 Å². The third-order valence-electron chi connectivity index (χ3n) is 5.10. The summed E-state index contributed by atoms with van der Waals surface area (Å²) < 4.78 is 0. The Bertz CT molecular complexity index is 782. The fourth-order valence-electron chi connectivity index (χ4n) is 3.27. The third kappa shape index (κ3) is 4.09. The van der Waals surface area contributed by atoms with Crippen LogP contribution in [0.3, 0.4) is 0 Å². The van der Waals surface area contributed by atoms with E-state index in [1.54, 1.807) is 0 Å². The maximum atomic E-state index is 2.57.